The minimum Gasteiger partial charge on any atom is -0.389 e. The maximum Gasteiger partial charge on any atom is 0.346 e. The maximum atomic E-state index is 12.3. The van der Waals surface area contributed by atoms with Crippen molar-refractivity contribution in [1.29, 1.82) is 0 Å². The van der Waals surface area contributed by atoms with Gasteiger partial charge < -0.3 is 4.74 Å². The van der Waals surface area contributed by atoms with Crippen molar-refractivity contribution >= 4 is 22.8 Å². The predicted molar refractivity (Wildman–Crippen MR) is 86.0 cm³/mol. The lowest BCUT2D eigenvalue weighted by Gasteiger charge is -2.19. The van der Waals surface area contributed by atoms with Crippen molar-refractivity contribution in [3.63, 3.8) is 0 Å². The summed E-state index contributed by atoms with van der Waals surface area (Å²) in [6.07, 6.45) is 0.0577. The van der Waals surface area contributed by atoms with Crippen LogP contribution in [-0.2, 0) is 16.0 Å². The summed E-state index contributed by atoms with van der Waals surface area (Å²) in [4.78, 5) is 28.8. The number of carbonyl (C=O) groups is 2. The number of fused-ring (bicyclic) bond motifs is 3. The summed E-state index contributed by atoms with van der Waals surface area (Å²) in [6, 6.07) is 15.3. The Morgan fingerprint density at radius 3 is 2.61 bits per heavy atom. The molecule has 1 aliphatic heterocycles. The first-order chi connectivity index (χ1) is 11.1. The van der Waals surface area contributed by atoms with Crippen molar-refractivity contribution < 1.29 is 14.3 Å². The van der Waals surface area contributed by atoms with Gasteiger partial charge in [-0.2, -0.15) is 0 Å². The van der Waals surface area contributed by atoms with Crippen LogP contribution in [0.15, 0.2) is 48.5 Å². The number of esters is 2. The molecule has 3 aromatic rings. The Morgan fingerprint density at radius 1 is 1.04 bits per heavy atom. The fourth-order valence-corrected chi connectivity index (χ4v) is 2.99. The van der Waals surface area contributed by atoms with Gasteiger partial charge in [0.2, 0.25) is 0 Å². The first kappa shape index (κ1) is 13.6. The minimum atomic E-state index is -0.591. The molecule has 0 atom stereocenters. The van der Waals surface area contributed by atoms with Crippen LogP contribution < -0.4 is 0 Å². The Balaban J connectivity index is 2.12. The molecule has 0 saturated carbocycles. The summed E-state index contributed by atoms with van der Waals surface area (Å²) < 4.78 is 4.85. The lowest BCUT2D eigenvalue weighted by Crippen LogP contribution is -2.24. The third-order valence-electron chi connectivity index (χ3n) is 4.02. The van der Waals surface area contributed by atoms with Gasteiger partial charge in [-0.05, 0) is 19.1 Å². The van der Waals surface area contributed by atoms with Crippen LogP contribution in [-0.4, -0.2) is 16.9 Å². The number of carbonyl (C=O) groups excluding carboxylic acids is 2. The van der Waals surface area contributed by atoms with Crippen LogP contribution in [0.2, 0.25) is 0 Å². The molecular weight excluding hydrogens is 290 g/mol. The summed E-state index contributed by atoms with van der Waals surface area (Å²) in [5, 5.41) is 0.734. The summed E-state index contributed by atoms with van der Waals surface area (Å²) in [6.45, 7) is 1.95. The van der Waals surface area contributed by atoms with Crippen LogP contribution in [0.5, 0.6) is 0 Å². The first-order valence-electron chi connectivity index (χ1n) is 7.37. The molecule has 0 aliphatic carbocycles. The van der Waals surface area contributed by atoms with Gasteiger partial charge in [0, 0.05) is 16.5 Å². The summed E-state index contributed by atoms with van der Waals surface area (Å²) in [7, 11) is 0. The van der Waals surface area contributed by atoms with Gasteiger partial charge in [-0.1, -0.05) is 42.0 Å². The Kier molecular flexibility index (Phi) is 2.98. The second-order valence-electron chi connectivity index (χ2n) is 5.64. The molecule has 0 fully saturated rings. The van der Waals surface area contributed by atoms with E-state index in [-0.39, 0.29) is 6.42 Å². The fraction of sp³-hybridized carbons (Fsp3) is 0.105. The van der Waals surface area contributed by atoms with Crippen molar-refractivity contribution in [3.05, 3.63) is 65.2 Å². The molecule has 0 N–H and O–H groups in total. The van der Waals surface area contributed by atoms with E-state index in [9.17, 15) is 9.59 Å². The standard InChI is InChI=1S/C19H13NO3/c1-11-7-8-15-13(9-11)17-14(10-16(21)23-19(17)22)18(20-15)12-5-3-2-4-6-12/h2-9H,10H2,1H3. The van der Waals surface area contributed by atoms with E-state index in [1.165, 1.54) is 0 Å². The topological polar surface area (TPSA) is 56.3 Å². The van der Waals surface area contributed by atoms with Crippen LogP contribution in [0.1, 0.15) is 21.5 Å². The number of ether oxygens (including phenoxy) is 1. The highest BCUT2D eigenvalue weighted by Gasteiger charge is 2.30. The van der Waals surface area contributed by atoms with Crippen LogP contribution in [0.4, 0.5) is 0 Å². The van der Waals surface area contributed by atoms with Gasteiger partial charge in [-0.15, -0.1) is 0 Å². The molecule has 4 nitrogen and oxygen atoms in total. The molecule has 23 heavy (non-hydrogen) atoms. The minimum absolute atomic E-state index is 0.0577. The number of hydrogen-bond acceptors (Lipinski definition) is 4. The van der Waals surface area contributed by atoms with Gasteiger partial charge >= 0.3 is 11.9 Å². The van der Waals surface area contributed by atoms with Gasteiger partial charge in [0.05, 0.1) is 23.2 Å². The van der Waals surface area contributed by atoms with Crippen molar-refractivity contribution in [2.45, 2.75) is 13.3 Å². The molecule has 1 aliphatic rings. The van der Waals surface area contributed by atoms with Crippen molar-refractivity contribution in [3.8, 4) is 11.3 Å². The molecule has 0 radical (unpaired) electrons. The second kappa shape index (κ2) is 5.02. The van der Waals surface area contributed by atoms with E-state index in [4.69, 9.17) is 9.72 Å². The van der Waals surface area contributed by atoms with E-state index in [0.29, 0.717) is 16.8 Å². The zero-order chi connectivity index (χ0) is 16.0. The Bertz CT molecular complexity index is 961. The largest absolute Gasteiger partial charge is 0.389 e. The van der Waals surface area contributed by atoms with Crippen LogP contribution >= 0.6 is 0 Å². The average molecular weight is 303 g/mol. The zero-order valence-corrected chi connectivity index (χ0v) is 12.5. The number of hydrogen-bond donors (Lipinski definition) is 0. The lowest BCUT2D eigenvalue weighted by atomic mass is 9.93. The number of aryl methyl sites for hydroxylation is 1. The number of cyclic esters (lactones) is 2. The maximum absolute atomic E-state index is 12.3. The molecule has 4 rings (SSSR count). The van der Waals surface area contributed by atoms with Gasteiger partial charge in [-0.3, -0.25) is 4.79 Å². The van der Waals surface area contributed by atoms with Crippen molar-refractivity contribution in [2.24, 2.45) is 0 Å². The Labute approximate surface area is 132 Å². The molecule has 2 heterocycles. The summed E-state index contributed by atoms with van der Waals surface area (Å²) in [5.41, 5.74) is 4.40. The second-order valence-corrected chi connectivity index (χ2v) is 5.64. The van der Waals surface area contributed by atoms with E-state index in [1.807, 2.05) is 55.5 Å². The van der Waals surface area contributed by atoms with Gasteiger partial charge in [0.1, 0.15) is 0 Å². The van der Waals surface area contributed by atoms with E-state index in [0.717, 1.165) is 22.0 Å². The highest BCUT2D eigenvalue weighted by Crippen LogP contribution is 2.33. The number of rotatable bonds is 1. The third-order valence-corrected chi connectivity index (χ3v) is 4.02. The van der Waals surface area contributed by atoms with Gasteiger partial charge in [-0.25, -0.2) is 9.78 Å². The fourth-order valence-electron chi connectivity index (χ4n) is 2.99. The van der Waals surface area contributed by atoms with E-state index in [2.05, 4.69) is 0 Å². The SMILES string of the molecule is Cc1ccc2nc(-c3ccccc3)c3c(c2c1)C(=O)OC(=O)C3. The summed E-state index contributed by atoms with van der Waals surface area (Å²) >= 11 is 0. The average Bonchev–Trinajstić information content (AvgIpc) is 2.54. The molecule has 112 valence electrons. The molecule has 0 unspecified atom stereocenters. The van der Waals surface area contributed by atoms with Crippen molar-refractivity contribution in [2.75, 3.05) is 0 Å². The van der Waals surface area contributed by atoms with Gasteiger partial charge in [0.15, 0.2) is 0 Å². The van der Waals surface area contributed by atoms with Crippen LogP contribution in [0, 0.1) is 6.92 Å². The van der Waals surface area contributed by atoms with Crippen LogP contribution in [0.3, 0.4) is 0 Å². The number of nitrogens with zero attached hydrogens (tertiary/aromatic N) is 1. The van der Waals surface area contributed by atoms with E-state index in [1.54, 1.807) is 0 Å². The molecule has 0 spiro atoms. The van der Waals surface area contributed by atoms with E-state index >= 15 is 0 Å². The monoisotopic (exact) mass is 303 g/mol. The first-order valence-corrected chi connectivity index (χ1v) is 7.37. The number of pyridine rings is 1. The normalized spacial score (nSPS) is 13.8. The zero-order valence-electron chi connectivity index (χ0n) is 12.5. The van der Waals surface area contributed by atoms with Crippen molar-refractivity contribution in [1.82, 2.24) is 4.98 Å². The molecule has 0 saturated heterocycles. The number of benzene rings is 2. The molecule has 2 aromatic carbocycles. The lowest BCUT2D eigenvalue weighted by molar-refractivity contribution is -0.137. The highest BCUT2D eigenvalue weighted by molar-refractivity contribution is 6.12. The quantitative estimate of drug-likeness (QED) is 0.510. The Hall–Kier alpha value is -3.01. The number of aromatic nitrogens is 1. The molecular formula is C19H13NO3. The smallest absolute Gasteiger partial charge is 0.346 e. The molecule has 1 aromatic heterocycles. The molecule has 0 amide bonds. The summed E-state index contributed by atoms with van der Waals surface area (Å²) in [5.74, 6) is -1.13. The highest BCUT2D eigenvalue weighted by atomic mass is 16.6. The Morgan fingerprint density at radius 2 is 1.83 bits per heavy atom. The third kappa shape index (κ3) is 2.19. The van der Waals surface area contributed by atoms with Crippen LogP contribution in [0.25, 0.3) is 22.2 Å². The van der Waals surface area contributed by atoms with Gasteiger partial charge in [0.25, 0.3) is 0 Å². The molecule has 4 heteroatoms. The molecule has 0 bridgehead atoms. The predicted octanol–water partition coefficient (Wildman–Crippen LogP) is 3.45. The van der Waals surface area contributed by atoms with E-state index < -0.39 is 11.9 Å².